The van der Waals surface area contributed by atoms with Gasteiger partial charge in [-0.15, -0.1) is 0 Å². The van der Waals surface area contributed by atoms with E-state index in [9.17, 15) is 24.6 Å². The number of phenolic OH excluding ortho intramolecular Hbond substituents is 1. The Morgan fingerprint density at radius 3 is 2.35 bits per heavy atom. The van der Waals surface area contributed by atoms with Gasteiger partial charge >= 0.3 is 5.97 Å². The van der Waals surface area contributed by atoms with Gasteiger partial charge in [0.15, 0.2) is 22.8 Å². The third-order valence-electron chi connectivity index (χ3n) is 10.5. The Bertz CT molecular complexity index is 1730. The van der Waals surface area contributed by atoms with Crippen molar-refractivity contribution in [2.75, 3.05) is 0 Å². The molecule has 4 bridgehead atoms. The number of carbonyl (C=O) groups excluding carboxylic acids is 2. The van der Waals surface area contributed by atoms with Crippen molar-refractivity contribution in [1.29, 1.82) is 0 Å². The number of ketones is 2. The first-order valence-electron chi connectivity index (χ1n) is 16.2. The molecule has 0 amide bonds. The molecular formula is C38H44O8. The van der Waals surface area contributed by atoms with E-state index in [1.807, 2.05) is 52.8 Å². The van der Waals surface area contributed by atoms with Crippen LogP contribution in [0.3, 0.4) is 0 Å². The minimum Gasteiger partial charge on any atom is -0.506 e. The summed E-state index contributed by atoms with van der Waals surface area (Å²) >= 11 is 0. The van der Waals surface area contributed by atoms with Crippen molar-refractivity contribution in [3.05, 3.63) is 69.4 Å². The van der Waals surface area contributed by atoms with Gasteiger partial charge in [-0.25, -0.2) is 4.79 Å². The Hall–Kier alpha value is -3.91. The normalized spacial score (nSPS) is 31.2. The molecule has 2 fully saturated rings. The first-order chi connectivity index (χ1) is 21.5. The molecular weight excluding hydrogens is 584 g/mol. The minimum absolute atomic E-state index is 0.0544. The van der Waals surface area contributed by atoms with E-state index in [1.165, 1.54) is 18.6 Å². The molecule has 6 aliphatic rings. The highest BCUT2D eigenvalue weighted by Gasteiger charge is 2.81. The fraction of sp³-hybridized carbons (Fsp3) is 0.500. The van der Waals surface area contributed by atoms with E-state index in [0.717, 1.165) is 12.0 Å². The van der Waals surface area contributed by atoms with Crippen LogP contribution >= 0.6 is 0 Å². The number of carboxylic acids is 1. The number of fused-ring (bicyclic) bond motifs is 2. The SMILES string of the molecule is CC(C)=CCC[C@]1(C)C=Cc2c(O)c3c(c(CC=C(C)C)c2O1)O[C@]12C(=C[C@@H]4CC1C(C)(C)OC2(C/C=C(\C)C(=O)O)C4=O)C3=O. The number of Topliss-reactive ketones (excluding diaryl/α,β-unsaturated/α-hetero) is 2. The molecule has 3 heterocycles. The highest BCUT2D eigenvalue weighted by molar-refractivity contribution is 6.19. The topological polar surface area (TPSA) is 119 Å². The lowest BCUT2D eigenvalue weighted by Crippen LogP contribution is -2.72. The van der Waals surface area contributed by atoms with Crippen molar-refractivity contribution < 1.29 is 38.8 Å². The van der Waals surface area contributed by atoms with Gasteiger partial charge in [0, 0.05) is 35.0 Å². The van der Waals surface area contributed by atoms with Gasteiger partial charge in [0.05, 0.1) is 11.2 Å². The maximum atomic E-state index is 14.7. The number of aliphatic carboxylic acids is 1. The molecule has 1 saturated heterocycles. The second-order valence-corrected chi connectivity index (χ2v) is 14.8. The summed E-state index contributed by atoms with van der Waals surface area (Å²) in [5, 5.41) is 21.4. The average Bonchev–Trinajstić information content (AvgIpc) is 3.12. The zero-order chi connectivity index (χ0) is 33.6. The molecule has 1 aromatic carbocycles. The summed E-state index contributed by atoms with van der Waals surface area (Å²) in [5.74, 6) is -2.28. The average molecular weight is 629 g/mol. The van der Waals surface area contributed by atoms with Crippen molar-refractivity contribution in [3.63, 3.8) is 0 Å². The lowest BCUT2D eigenvalue weighted by atomic mass is 9.51. The number of carbonyl (C=O) groups is 3. The van der Waals surface area contributed by atoms with E-state index in [2.05, 4.69) is 19.9 Å². The van der Waals surface area contributed by atoms with Crippen LogP contribution in [0.2, 0.25) is 0 Å². The van der Waals surface area contributed by atoms with Crippen LogP contribution in [0.5, 0.6) is 17.2 Å². The van der Waals surface area contributed by atoms with Gasteiger partial charge in [0.25, 0.3) is 0 Å². The van der Waals surface area contributed by atoms with E-state index in [1.54, 1.807) is 6.08 Å². The first kappa shape index (κ1) is 32.0. The number of aromatic hydroxyl groups is 1. The Kier molecular flexibility index (Phi) is 7.36. The Labute approximate surface area is 270 Å². The predicted molar refractivity (Wildman–Crippen MR) is 174 cm³/mol. The second-order valence-electron chi connectivity index (χ2n) is 14.8. The smallest absolute Gasteiger partial charge is 0.330 e. The number of carboxylic acid groups (broad SMARTS) is 1. The summed E-state index contributed by atoms with van der Waals surface area (Å²) in [6.07, 6.45) is 13.4. The zero-order valence-electron chi connectivity index (χ0n) is 28.0. The monoisotopic (exact) mass is 628 g/mol. The molecule has 8 heteroatoms. The van der Waals surface area contributed by atoms with Gasteiger partial charge in [-0.05, 0) is 93.2 Å². The Balaban J connectivity index is 1.59. The van der Waals surface area contributed by atoms with Crippen molar-refractivity contribution in [1.82, 2.24) is 0 Å². The molecule has 2 unspecified atom stereocenters. The fourth-order valence-electron chi connectivity index (χ4n) is 8.17. The summed E-state index contributed by atoms with van der Waals surface area (Å²) in [6.45, 7) is 15.4. The Morgan fingerprint density at radius 1 is 1.00 bits per heavy atom. The molecule has 0 aromatic heterocycles. The van der Waals surface area contributed by atoms with Crippen molar-refractivity contribution >= 4 is 23.6 Å². The van der Waals surface area contributed by atoms with Crippen LogP contribution in [0.25, 0.3) is 6.08 Å². The van der Waals surface area contributed by atoms with Crippen LogP contribution in [-0.4, -0.2) is 50.2 Å². The number of ether oxygens (including phenoxy) is 3. The Morgan fingerprint density at radius 2 is 1.70 bits per heavy atom. The summed E-state index contributed by atoms with van der Waals surface area (Å²) in [4.78, 5) is 40.8. The molecule has 244 valence electrons. The number of hydrogen-bond donors (Lipinski definition) is 2. The van der Waals surface area contributed by atoms with Gasteiger partial charge < -0.3 is 24.4 Å². The number of hydrogen-bond acceptors (Lipinski definition) is 7. The summed E-state index contributed by atoms with van der Waals surface area (Å²) in [6, 6.07) is 0. The number of benzene rings is 1. The first-order valence-corrected chi connectivity index (χ1v) is 16.2. The van der Waals surface area contributed by atoms with Gasteiger partial charge in [-0.1, -0.05) is 35.5 Å². The molecule has 0 radical (unpaired) electrons. The van der Waals surface area contributed by atoms with Gasteiger partial charge in [-0.2, -0.15) is 0 Å². The number of rotatable bonds is 8. The summed E-state index contributed by atoms with van der Waals surface area (Å²) in [7, 11) is 0. The molecule has 7 rings (SSSR count). The second kappa shape index (κ2) is 10.6. The standard InChI is InChI=1S/C38H44O8/c1-20(2)10-9-15-36(8)16-14-24-29(39)28-30(40)26-18-23-19-27-35(6,7)46-37(33(23)41,17-13-22(5)34(42)43)38(26,27)45-32(28)25(31(24)44-36)12-11-21(3)4/h10-11,13-14,16,18,23,27,39H,9,12,15,17,19H2,1-8H3,(H,42,43)/b22-13+/t23-,27?,36-,37?,38-/m1/s1. The van der Waals surface area contributed by atoms with Gasteiger partial charge in [0.1, 0.15) is 28.4 Å². The molecule has 3 aliphatic carbocycles. The van der Waals surface area contributed by atoms with Crippen molar-refractivity contribution in [2.24, 2.45) is 11.8 Å². The molecule has 1 aromatic rings. The summed E-state index contributed by atoms with van der Waals surface area (Å²) < 4.78 is 20.6. The van der Waals surface area contributed by atoms with E-state index >= 15 is 0 Å². The van der Waals surface area contributed by atoms with Crippen LogP contribution in [0.1, 0.15) is 103 Å². The lowest BCUT2D eigenvalue weighted by molar-refractivity contribution is -0.171. The van der Waals surface area contributed by atoms with Crippen LogP contribution in [0.15, 0.2) is 52.7 Å². The third-order valence-corrected chi connectivity index (χ3v) is 10.5. The van der Waals surface area contributed by atoms with E-state index in [-0.39, 0.29) is 40.8 Å². The van der Waals surface area contributed by atoms with Crippen LogP contribution in [0.4, 0.5) is 0 Å². The quantitative estimate of drug-likeness (QED) is 0.228. The highest BCUT2D eigenvalue weighted by Crippen LogP contribution is 2.68. The zero-order valence-corrected chi connectivity index (χ0v) is 28.0. The van der Waals surface area contributed by atoms with Gasteiger partial charge in [0.2, 0.25) is 0 Å². The van der Waals surface area contributed by atoms with Crippen molar-refractivity contribution in [2.45, 2.75) is 110 Å². The van der Waals surface area contributed by atoms with Crippen molar-refractivity contribution in [3.8, 4) is 17.2 Å². The molecule has 8 nitrogen and oxygen atoms in total. The maximum Gasteiger partial charge on any atom is 0.330 e. The van der Waals surface area contributed by atoms with E-state index in [4.69, 9.17) is 14.2 Å². The molecule has 1 saturated carbocycles. The van der Waals surface area contributed by atoms with Crippen LogP contribution < -0.4 is 9.47 Å². The van der Waals surface area contributed by atoms with E-state index in [0.29, 0.717) is 41.7 Å². The number of phenols is 1. The number of allylic oxidation sites excluding steroid dienone is 5. The predicted octanol–water partition coefficient (Wildman–Crippen LogP) is 7.24. The molecule has 1 spiro atoms. The van der Waals surface area contributed by atoms with E-state index < -0.39 is 40.1 Å². The maximum absolute atomic E-state index is 14.7. The van der Waals surface area contributed by atoms with Crippen LogP contribution in [-0.2, 0) is 20.7 Å². The highest BCUT2D eigenvalue weighted by atomic mass is 16.6. The third kappa shape index (κ3) is 4.47. The fourth-order valence-corrected chi connectivity index (χ4v) is 8.17. The minimum atomic E-state index is -1.63. The molecule has 46 heavy (non-hydrogen) atoms. The van der Waals surface area contributed by atoms with Gasteiger partial charge in [-0.3, -0.25) is 9.59 Å². The summed E-state index contributed by atoms with van der Waals surface area (Å²) in [5.41, 5.74) is -0.952. The lowest BCUT2D eigenvalue weighted by Gasteiger charge is -2.56. The molecule has 2 N–H and O–H groups in total. The largest absolute Gasteiger partial charge is 0.506 e. The molecule has 5 atom stereocenters. The molecule has 3 aliphatic heterocycles. The van der Waals surface area contributed by atoms with Crippen LogP contribution in [0, 0.1) is 11.8 Å².